The Morgan fingerprint density at radius 3 is 2.44 bits per heavy atom. The van der Waals surface area contributed by atoms with Crippen LogP contribution in [0.4, 0.5) is 17.2 Å². The summed E-state index contributed by atoms with van der Waals surface area (Å²) in [7, 11) is 0. The second-order valence-electron chi connectivity index (χ2n) is 3.19. The Morgan fingerprint density at radius 2 is 1.75 bits per heavy atom. The molecule has 0 aliphatic rings. The van der Waals surface area contributed by atoms with Crippen molar-refractivity contribution in [3.63, 3.8) is 0 Å². The molecule has 0 saturated heterocycles. The maximum atomic E-state index is 5.88. The van der Waals surface area contributed by atoms with Crippen LogP contribution in [0.5, 0.6) is 0 Å². The molecule has 3 N–H and O–H groups in total. The first-order chi connectivity index (χ1) is 7.66. The van der Waals surface area contributed by atoms with E-state index >= 15 is 0 Å². The topological polar surface area (TPSA) is 50.9 Å². The van der Waals surface area contributed by atoms with Crippen LogP contribution in [0.2, 0.25) is 10.0 Å². The minimum Gasteiger partial charge on any atom is -0.395 e. The quantitative estimate of drug-likeness (QED) is 0.858. The van der Waals surface area contributed by atoms with Gasteiger partial charge in [-0.15, -0.1) is 0 Å². The molecular weight excluding hydrogens is 245 g/mol. The minimum absolute atomic E-state index is 0.430. The fourth-order valence-electron chi connectivity index (χ4n) is 1.22. The second kappa shape index (κ2) is 4.60. The lowest BCUT2D eigenvalue weighted by Gasteiger charge is -2.08. The first kappa shape index (κ1) is 11.0. The van der Waals surface area contributed by atoms with Gasteiger partial charge in [-0.25, -0.2) is 4.98 Å². The van der Waals surface area contributed by atoms with Gasteiger partial charge in [-0.1, -0.05) is 23.2 Å². The van der Waals surface area contributed by atoms with Gasteiger partial charge in [-0.3, -0.25) is 0 Å². The van der Waals surface area contributed by atoms with Gasteiger partial charge in [0.05, 0.1) is 10.7 Å². The van der Waals surface area contributed by atoms with Crippen LogP contribution in [0.3, 0.4) is 0 Å². The van der Waals surface area contributed by atoms with Crippen molar-refractivity contribution in [3.05, 3.63) is 46.6 Å². The molecule has 0 amide bonds. The van der Waals surface area contributed by atoms with E-state index in [1.165, 1.54) is 0 Å². The van der Waals surface area contributed by atoms with Crippen molar-refractivity contribution in [1.82, 2.24) is 4.98 Å². The van der Waals surface area contributed by atoms with Gasteiger partial charge in [-0.2, -0.15) is 0 Å². The van der Waals surface area contributed by atoms with Crippen LogP contribution in [-0.2, 0) is 0 Å². The molecule has 0 unspecified atom stereocenters. The monoisotopic (exact) mass is 253 g/mol. The lowest BCUT2D eigenvalue weighted by molar-refractivity contribution is 1.31. The summed E-state index contributed by atoms with van der Waals surface area (Å²) in [6.45, 7) is 0. The highest BCUT2D eigenvalue weighted by molar-refractivity contribution is 6.33. The Morgan fingerprint density at radius 1 is 1.06 bits per heavy atom. The lowest BCUT2D eigenvalue weighted by Crippen LogP contribution is -1.99. The molecule has 1 aromatic heterocycles. The van der Waals surface area contributed by atoms with Gasteiger partial charge in [0.1, 0.15) is 0 Å². The van der Waals surface area contributed by atoms with E-state index in [2.05, 4.69) is 10.3 Å². The summed E-state index contributed by atoms with van der Waals surface area (Å²) >= 11 is 11.7. The number of hydrogen-bond acceptors (Lipinski definition) is 3. The van der Waals surface area contributed by atoms with E-state index in [-0.39, 0.29) is 0 Å². The summed E-state index contributed by atoms with van der Waals surface area (Å²) in [5.74, 6) is 0.537. The number of benzene rings is 1. The third-order valence-corrected chi connectivity index (χ3v) is 2.63. The number of rotatable bonds is 2. The van der Waals surface area contributed by atoms with Crippen LogP contribution < -0.4 is 11.1 Å². The summed E-state index contributed by atoms with van der Waals surface area (Å²) in [5, 5.41) is 4.22. The highest BCUT2D eigenvalue weighted by Gasteiger charge is 2.04. The van der Waals surface area contributed by atoms with E-state index in [0.717, 1.165) is 5.69 Å². The number of aromatic nitrogens is 1. The average molecular weight is 254 g/mol. The Balaban J connectivity index is 2.27. The number of pyridine rings is 1. The van der Waals surface area contributed by atoms with E-state index in [4.69, 9.17) is 28.9 Å². The maximum Gasteiger partial charge on any atom is 0.155 e. The summed E-state index contributed by atoms with van der Waals surface area (Å²) in [5.41, 5.74) is 7.06. The van der Waals surface area contributed by atoms with Gasteiger partial charge >= 0.3 is 0 Å². The van der Waals surface area contributed by atoms with Gasteiger partial charge in [0.15, 0.2) is 5.82 Å². The molecule has 82 valence electrons. The molecular formula is C11H9Cl2N3. The minimum atomic E-state index is 0.430. The van der Waals surface area contributed by atoms with Crippen molar-refractivity contribution in [2.75, 3.05) is 11.1 Å². The molecule has 1 aromatic carbocycles. The smallest absolute Gasteiger partial charge is 0.155 e. The molecule has 0 aliphatic carbocycles. The summed E-state index contributed by atoms with van der Waals surface area (Å²) in [4.78, 5) is 4.10. The number of nitrogens with zero attached hydrogens (tertiary/aromatic N) is 1. The predicted octanol–water partition coefficient (Wildman–Crippen LogP) is 3.71. The number of halogens is 2. The highest BCUT2D eigenvalue weighted by Crippen LogP contribution is 2.27. The van der Waals surface area contributed by atoms with Crippen LogP contribution in [0.15, 0.2) is 36.5 Å². The molecule has 0 spiro atoms. The Hall–Kier alpha value is -1.45. The Kier molecular flexibility index (Phi) is 3.17. The van der Waals surface area contributed by atoms with Crippen molar-refractivity contribution in [2.45, 2.75) is 0 Å². The molecule has 5 heteroatoms. The standard InChI is InChI=1S/C11H9Cl2N3/c12-7-1-3-8(4-2-7)16-11-10(14)9(13)5-6-15-11/h1-6H,14H2,(H,15,16). The van der Waals surface area contributed by atoms with E-state index < -0.39 is 0 Å². The van der Waals surface area contributed by atoms with Crippen LogP contribution in [-0.4, -0.2) is 4.98 Å². The van der Waals surface area contributed by atoms with Gasteiger partial charge < -0.3 is 11.1 Å². The number of anilines is 3. The van der Waals surface area contributed by atoms with E-state index in [9.17, 15) is 0 Å². The van der Waals surface area contributed by atoms with E-state index in [1.807, 2.05) is 12.1 Å². The fraction of sp³-hybridized carbons (Fsp3) is 0. The van der Waals surface area contributed by atoms with Crippen LogP contribution >= 0.6 is 23.2 Å². The predicted molar refractivity (Wildman–Crippen MR) is 68.4 cm³/mol. The van der Waals surface area contributed by atoms with E-state index in [0.29, 0.717) is 21.6 Å². The third-order valence-electron chi connectivity index (χ3n) is 2.04. The second-order valence-corrected chi connectivity index (χ2v) is 4.03. The fourth-order valence-corrected chi connectivity index (χ4v) is 1.49. The molecule has 16 heavy (non-hydrogen) atoms. The maximum absolute atomic E-state index is 5.88. The lowest BCUT2D eigenvalue weighted by atomic mass is 10.3. The van der Waals surface area contributed by atoms with Gasteiger partial charge in [0, 0.05) is 16.9 Å². The zero-order chi connectivity index (χ0) is 11.5. The molecule has 0 fully saturated rings. The van der Waals surface area contributed by atoms with Gasteiger partial charge in [0.25, 0.3) is 0 Å². The van der Waals surface area contributed by atoms with Gasteiger partial charge in [-0.05, 0) is 30.3 Å². The van der Waals surface area contributed by atoms with Gasteiger partial charge in [0.2, 0.25) is 0 Å². The average Bonchev–Trinajstić information content (AvgIpc) is 2.28. The Labute approximate surface area is 103 Å². The highest BCUT2D eigenvalue weighted by atomic mass is 35.5. The molecule has 0 saturated carbocycles. The van der Waals surface area contributed by atoms with Crippen molar-refractivity contribution in [1.29, 1.82) is 0 Å². The Bertz CT molecular complexity index is 497. The molecule has 0 bridgehead atoms. The molecule has 0 aliphatic heterocycles. The molecule has 0 atom stereocenters. The third kappa shape index (κ3) is 2.38. The molecule has 2 rings (SSSR count). The van der Waals surface area contributed by atoms with Crippen molar-refractivity contribution >= 4 is 40.4 Å². The normalized spacial score (nSPS) is 10.1. The number of hydrogen-bond donors (Lipinski definition) is 2. The largest absolute Gasteiger partial charge is 0.395 e. The van der Waals surface area contributed by atoms with Crippen LogP contribution in [0, 0.1) is 0 Å². The molecule has 3 nitrogen and oxygen atoms in total. The summed E-state index contributed by atoms with van der Waals surface area (Å²) < 4.78 is 0. The van der Waals surface area contributed by atoms with Crippen LogP contribution in [0.1, 0.15) is 0 Å². The number of nitrogens with one attached hydrogen (secondary N) is 1. The summed E-state index contributed by atoms with van der Waals surface area (Å²) in [6, 6.07) is 8.88. The zero-order valence-electron chi connectivity index (χ0n) is 8.24. The first-order valence-electron chi connectivity index (χ1n) is 4.59. The molecule has 0 radical (unpaired) electrons. The zero-order valence-corrected chi connectivity index (χ0v) is 9.76. The van der Waals surface area contributed by atoms with Crippen LogP contribution in [0.25, 0.3) is 0 Å². The SMILES string of the molecule is Nc1c(Cl)ccnc1Nc1ccc(Cl)cc1. The van der Waals surface area contributed by atoms with Crippen molar-refractivity contribution in [2.24, 2.45) is 0 Å². The van der Waals surface area contributed by atoms with Crippen molar-refractivity contribution in [3.8, 4) is 0 Å². The van der Waals surface area contributed by atoms with Crippen molar-refractivity contribution < 1.29 is 0 Å². The summed E-state index contributed by atoms with van der Waals surface area (Å²) in [6.07, 6.45) is 1.59. The molecule has 1 heterocycles. The number of nitrogen functional groups attached to an aromatic ring is 1. The number of nitrogens with two attached hydrogens (primary N) is 1. The van der Waals surface area contributed by atoms with E-state index in [1.54, 1.807) is 24.4 Å². The first-order valence-corrected chi connectivity index (χ1v) is 5.35. The molecule has 2 aromatic rings.